The summed E-state index contributed by atoms with van der Waals surface area (Å²) >= 11 is 1.76. The van der Waals surface area contributed by atoms with Crippen molar-refractivity contribution in [2.24, 2.45) is 5.41 Å². The lowest BCUT2D eigenvalue weighted by atomic mass is 9.60. The Kier molecular flexibility index (Phi) is 2.99. The lowest BCUT2D eigenvalue weighted by Crippen LogP contribution is -2.60. The molecule has 15 heavy (non-hydrogen) atoms. The van der Waals surface area contributed by atoms with E-state index in [0.717, 1.165) is 43.6 Å². The molecule has 4 heteroatoms. The van der Waals surface area contributed by atoms with Gasteiger partial charge in [0.25, 0.3) is 0 Å². The van der Waals surface area contributed by atoms with Crippen LogP contribution < -0.4 is 0 Å². The van der Waals surface area contributed by atoms with Crippen molar-refractivity contribution >= 4 is 17.7 Å². The first-order valence-corrected chi connectivity index (χ1v) is 6.69. The summed E-state index contributed by atoms with van der Waals surface area (Å²) in [7, 11) is 1.42. The van der Waals surface area contributed by atoms with Gasteiger partial charge in [0.15, 0.2) is 0 Å². The zero-order valence-corrected chi connectivity index (χ0v) is 9.94. The van der Waals surface area contributed by atoms with E-state index in [0.29, 0.717) is 0 Å². The van der Waals surface area contributed by atoms with Crippen LogP contribution in [0.4, 0.5) is 0 Å². The zero-order valence-electron chi connectivity index (χ0n) is 9.12. The molecule has 3 nitrogen and oxygen atoms in total. The predicted molar refractivity (Wildman–Crippen MR) is 59.8 cm³/mol. The van der Waals surface area contributed by atoms with E-state index in [1.54, 1.807) is 11.8 Å². The number of aliphatic hydroxyl groups is 1. The lowest BCUT2D eigenvalue weighted by Gasteiger charge is -2.51. The molecule has 2 aliphatic rings. The molecule has 1 unspecified atom stereocenters. The minimum absolute atomic E-state index is 0.211. The molecule has 86 valence electrons. The third-order valence-corrected chi connectivity index (χ3v) is 5.16. The van der Waals surface area contributed by atoms with E-state index in [1.165, 1.54) is 7.11 Å². The molecule has 2 fully saturated rings. The van der Waals surface area contributed by atoms with Crippen LogP contribution in [0.2, 0.25) is 0 Å². The largest absolute Gasteiger partial charge is 0.468 e. The number of esters is 1. The van der Waals surface area contributed by atoms with Crippen molar-refractivity contribution in [1.29, 1.82) is 0 Å². The number of carbonyl (C=O) groups is 1. The second kappa shape index (κ2) is 3.98. The van der Waals surface area contributed by atoms with E-state index >= 15 is 0 Å². The number of rotatable bonds is 2. The van der Waals surface area contributed by atoms with Gasteiger partial charge < -0.3 is 9.84 Å². The van der Waals surface area contributed by atoms with Gasteiger partial charge in [0.1, 0.15) is 5.41 Å². The number of hydrogen-bond acceptors (Lipinski definition) is 4. The van der Waals surface area contributed by atoms with E-state index in [-0.39, 0.29) is 5.97 Å². The fourth-order valence-corrected chi connectivity index (χ4v) is 4.07. The minimum Gasteiger partial charge on any atom is -0.468 e. The van der Waals surface area contributed by atoms with Crippen LogP contribution in [0.3, 0.4) is 0 Å². The first-order valence-electron chi connectivity index (χ1n) is 5.53. The van der Waals surface area contributed by atoms with Crippen molar-refractivity contribution in [3.8, 4) is 0 Å². The fraction of sp³-hybridized carbons (Fsp3) is 0.909. The van der Waals surface area contributed by atoms with Crippen LogP contribution in [0.5, 0.6) is 0 Å². The second-order valence-electron chi connectivity index (χ2n) is 4.61. The van der Waals surface area contributed by atoms with Gasteiger partial charge in [-0.25, -0.2) is 0 Å². The van der Waals surface area contributed by atoms with Crippen LogP contribution >= 0.6 is 11.8 Å². The van der Waals surface area contributed by atoms with Crippen LogP contribution in [0.15, 0.2) is 0 Å². The van der Waals surface area contributed by atoms with Crippen LogP contribution in [0.25, 0.3) is 0 Å². The van der Waals surface area contributed by atoms with Crippen molar-refractivity contribution < 1.29 is 14.6 Å². The van der Waals surface area contributed by atoms with Crippen molar-refractivity contribution in [2.45, 2.75) is 37.7 Å². The molecular formula is C11H18O3S. The molecular weight excluding hydrogens is 212 g/mol. The normalized spacial score (nSPS) is 34.3. The summed E-state index contributed by atoms with van der Waals surface area (Å²) in [5.74, 6) is 1.60. The Labute approximate surface area is 94.6 Å². The minimum atomic E-state index is -0.784. The molecule has 1 N–H and O–H groups in total. The summed E-state index contributed by atoms with van der Waals surface area (Å²) < 4.78 is 4.90. The molecule has 0 aromatic rings. The average molecular weight is 230 g/mol. The fourth-order valence-electron chi connectivity index (χ4n) is 2.70. The quantitative estimate of drug-likeness (QED) is 0.732. The van der Waals surface area contributed by atoms with Gasteiger partial charge >= 0.3 is 5.97 Å². The second-order valence-corrected chi connectivity index (χ2v) is 5.72. The van der Waals surface area contributed by atoms with E-state index < -0.39 is 11.0 Å². The van der Waals surface area contributed by atoms with Crippen LogP contribution in [-0.4, -0.2) is 35.3 Å². The summed E-state index contributed by atoms with van der Waals surface area (Å²) in [6.45, 7) is 0. The number of hydrogen-bond donors (Lipinski definition) is 1. The molecule has 1 saturated carbocycles. The molecule has 2 rings (SSSR count). The van der Waals surface area contributed by atoms with E-state index in [9.17, 15) is 9.90 Å². The monoisotopic (exact) mass is 230 g/mol. The first-order chi connectivity index (χ1) is 7.15. The third-order valence-electron chi connectivity index (χ3n) is 3.89. The van der Waals surface area contributed by atoms with Crippen molar-refractivity contribution in [3.05, 3.63) is 0 Å². The zero-order chi connectivity index (χ0) is 10.9. The highest BCUT2D eigenvalue weighted by Crippen LogP contribution is 2.52. The molecule has 0 spiro atoms. The Balaban J connectivity index is 2.25. The van der Waals surface area contributed by atoms with Gasteiger partial charge in [-0.2, -0.15) is 11.8 Å². The first kappa shape index (κ1) is 11.3. The van der Waals surface area contributed by atoms with E-state index in [4.69, 9.17) is 4.74 Å². The lowest BCUT2D eigenvalue weighted by molar-refractivity contribution is -0.185. The molecule has 0 bridgehead atoms. The Morgan fingerprint density at radius 1 is 1.33 bits per heavy atom. The molecule has 0 aromatic carbocycles. The summed E-state index contributed by atoms with van der Waals surface area (Å²) in [4.78, 5) is 11.9. The van der Waals surface area contributed by atoms with Crippen molar-refractivity contribution in [2.75, 3.05) is 18.6 Å². The highest BCUT2D eigenvalue weighted by molar-refractivity contribution is 7.99. The molecule has 0 aromatic heterocycles. The van der Waals surface area contributed by atoms with Gasteiger partial charge in [0.05, 0.1) is 12.7 Å². The summed E-state index contributed by atoms with van der Waals surface area (Å²) in [5, 5.41) is 10.5. The summed E-state index contributed by atoms with van der Waals surface area (Å²) in [5.41, 5.74) is -1.41. The summed E-state index contributed by atoms with van der Waals surface area (Å²) in [6, 6.07) is 0. The summed E-state index contributed by atoms with van der Waals surface area (Å²) in [6.07, 6.45) is 4.32. The Morgan fingerprint density at radius 2 is 2.07 bits per heavy atom. The van der Waals surface area contributed by atoms with Gasteiger partial charge in [-0.1, -0.05) is 0 Å². The standard InChI is InChI=1S/C11H18O3S/c1-14-9(12)10(4-3-7-15-8-10)11(13)5-2-6-11/h13H,2-8H2,1H3. The molecule has 0 amide bonds. The van der Waals surface area contributed by atoms with Gasteiger partial charge in [0, 0.05) is 5.75 Å². The smallest absolute Gasteiger partial charge is 0.315 e. The van der Waals surface area contributed by atoms with Crippen LogP contribution in [0, 0.1) is 5.41 Å². The SMILES string of the molecule is COC(=O)C1(C2(O)CCC2)CCCSC1. The number of methoxy groups -OCH3 is 1. The Morgan fingerprint density at radius 3 is 2.47 bits per heavy atom. The van der Waals surface area contributed by atoms with Crippen LogP contribution in [-0.2, 0) is 9.53 Å². The van der Waals surface area contributed by atoms with Gasteiger partial charge in [-0.15, -0.1) is 0 Å². The molecule has 0 radical (unpaired) electrons. The van der Waals surface area contributed by atoms with Gasteiger partial charge in [-0.05, 0) is 37.9 Å². The Hall–Kier alpha value is -0.220. The molecule has 1 atom stereocenters. The molecule has 1 aliphatic heterocycles. The molecule has 1 saturated heterocycles. The van der Waals surface area contributed by atoms with Gasteiger partial charge in [-0.3, -0.25) is 4.79 Å². The topological polar surface area (TPSA) is 46.5 Å². The predicted octanol–water partition coefficient (Wildman–Crippen LogP) is 1.59. The third kappa shape index (κ3) is 1.58. The highest BCUT2D eigenvalue weighted by Gasteiger charge is 2.59. The van der Waals surface area contributed by atoms with Crippen LogP contribution in [0.1, 0.15) is 32.1 Å². The average Bonchev–Trinajstić information content (AvgIpc) is 2.25. The number of thioether (sulfide) groups is 1. The maximum absolute atomic E-state index is 11.9. The Bertz CT molecular complexity index is 255. The van der Waals surface area contributed by atoms with E-state index in [2.05, 4.69) is 0 Å². The highest BCUT2D eigenvalue weighted by atomic mass is 32.2. The number of carbonyl (C=O) groups excluding carboxylic acids is 1. The number of ether oxygens (including phenoxy) is 1. The maximum Gasteiger partial charge on any atom is 0.315 e. The van der Waals surface area contributed by atoms with E-state index in [1.807, 2.05) is 0 Å². The van der Waals surface area contributed by atoms with Crippen molar-refractivity contribution in [1.82, 2.24) is 0 Å². The van der Waals surface area contributed by atoms with Gasteiger partial charge in [0.2, 0.25) is 0 Å². The molecule has 1 aliphatic carbocycles. The van der Waals surface area contributed by atoms with Crippen molar-refractivity contribution in [3.63, 3.8) is 0 Å². The molecule has 1 heterocycles. The maximum atomic E-state index is 11.9.